The molecule has 0 bridgehead atoms. The predicted molar refractivity (Wildman–Crippen MR) is 93.6 cm³/mol. The van der Waals surface area contributed by atoms with E-state index in [0.29, 0.717) is 5.92 Å². The SMILES string of the molecule is CCCNCc1sc(-c2ccc(Br)cn2)nc1CC(C)C. The van der Waals surface area contributed by atoms with E-state index >= 15 is 0 Å². The quantitative estimate of drug-likeness (QED) is 0.722. The molecule has 0 radical (unpaired) electrons. The molecule has 0 saturated carbocycles. The second-order valence-electron chi connectivity index (χ2n) is 5.53. The molecule has 0 saturated heterocycles. The number of rotatable bonds is 7. The maximum atomic E-state index is 4.83. The van der Waals surface area contributed by atoms with Gasteiger partial charge in [0.1, 0.15) is 5.01 Å². The monoisotopic (exact) mass is 367 g/mol. The minimum Gasteiger partial charge on any atom is -0.312 e. The number of thiazole rings is 1. The summed E-state index contributed by atoms with van der Waals surface area (Å²) >= 11 is 5.18. The first-order valence-electron chi connectivity index (χ1n) is 7.41. The Morgan fingerprint density at radius 1 is 1.33 bits per heavy atom. The van der Waals surface area contributed by atoms with Crippen molar-refractivity contribution in [2.75, 3.05) is 6.54 Å². The van der Waals surface area contributed by atoms with Gasteiger partial charge >= 0.3 is 0 Å². The molecule has 2 aromatic rings. The lowest BCUT2D eigenvalue weighted by Gasteiger charge is -2.05. The molecular weight excluding hydrogens is 346 g/mol. The second-order valence-corrected chi connectivity index (χ2v) is 7.52. The van der Waals surface area contributed by atoms with Gasteiger partial charge in [0.25, 0.3) is 0 Å². The Kier molecular flexibility index (Phi) is 6.33. The highest BCUT2D eigenvalue weighted by atomic mass is 79.9. The van der Waals surface area contributed by atoms with Gasteiger partial charge in [0, 0.05) is 22.1 Å². The standard InChI is InChI=1S/C16H22BrN3S/c1-4-7-18-10-15-14(8-11(2)3)20-16(21-15)13-6-5-12(17)9-19-13/h5-6,9,11,18H,4,7-8,10H2,1-3H3. The maximum absolute atomic E-state index is 4.83. The zero-order chi connectivity index (χ0) is 15.2. The fraction of sp³-hybridized carbons (Fsp3) is 0.500. The molecule has 0 aliphatic carbocycles. The molecular formula is C16H22BrN3S. The molecule has 2 rings (SSSR count). The van der Waals surface area contributed by atoms with Crippen LogP contribution < -0.4 is 5.32 Å². The van der Waals surface area contributed by atoms with Crippen molar-refractivity contribution in [3.63, 3.8) is 0 Å². The lowest BCUT2D eigenvalue weighted by atomic mass is 10.1. The molecule has 0 aliphatic heterocycles. The number of pyridine rings is 1. The fourth-order valence-electron chi connectivity index (χ4n) is 2.06. The smallest absolute Gasteiger partial charge is 0.142 e. The highest BCUT2D eigenvalue weighted by molar-refractivity contribution is 9.10. The Morgan fingerprint density at radius 2 is 2.14 bits per heavy atom. The van der Waals surface area contributed by atoms with Crippen LogP contribution in [0.25, 0.3) is 10.7 Å². The van der Waals surface area contributed by atoms with E-state index in [-0.39, 0.29) is 0 Å². The van der Waals surface area contributed by atoms with Crippen LogP contribution in [0.4, 0.5) is 0 Å². The van der Waals surface area contributed by atoms with Crippen molar-refractivity contribution in [1.29, 1.82) is 0 Å². The molecule has 0 atom stereocenters. The summed E-state index contributed by atoms with van der Waals surface area (Å²) in [5, 5.41) is 4.50. The summed E-state index contributed by atoms with van der Waals surface area (Å²) < 4.78 is 0.995. The molecule has 21 heavy (non-hydrogen) atoms. The molecule has 2 heterocycles. The summed E-state index contributed by atoms with van der Waals surface area (Å²) in [6.07, 6.45) is 4.00. The first-order chi connectivity index (χ1) is 10.1. The molecule has 114 valence electrons. The van der Waals surface area contributed by atoms with Crippen molar-refractivity contribution < 1.29 is 0 Å². The topological polar surface area (TPSA) is 37.8 Å². The van der Waals surface area contributed by atoms with Gasteiger partial charge < -0.3 is 5.32 Å². The van der Waals surface area contributed by atoms with Crippen molar-refractivity contribution in [3.05, 3.63) is 33.4 Å². The van der Waals surface area contributed by atoms with Gasteiger partial charge in [-0.2, -0.15) is 0 Å². The number of halogens is 1. The van der Waals surface area contributed by atoms with Crippen molar-refractivity contribution in [1.82, 2.24) is 15.3 Å². The molecule has 0 aromatic carbocycles. The normalized spacial score (nSPS) is 11.3. The maximum Gasteiger partial charge on any atom is 0.142 e. The van der Waals surface area contributed by atoms with E-state index < -0.39 is 0 Å². The van der Waals surface area contributed by atoms with Crippen LogP contribution in [0.2, 0.25) is 0 Å². The van der Waals surface area contributed by atoms with Crippen molar-refractivity contribution in [2.45, 2.75) is 40.2 Å². The van der Waals surface area contributed by atoms with Crippen molar-refractivity contribution in [2.24, 2.45) is 5.92 Å². The van der Waals surface area contributed by atoms with E-state index in [2.05, 4.69) is 47.0 Å². The highest BCUT2D eigenvalue weighted by Crippen LogP contribution is 2.28. The Balaban J connectivity index is 2.23. The third-order valence-corrected chi connectivity index (χ3v) is 4.63. The van der Waals surface area contributed by atoms with E-state index in [9.17, 15) is 0 Å². The summed E-state index contributed by atoms with van der Waals surface area (Å²) in [5.41, 5.74) is 2.17. The van der Waals surface area contributed by atoms with E-state index in [0.717, 1.165) is 41.1 Å². The number of aromatic nitrogens is 2. The van der Waals surface area contributed by atoms with Crippen LogP contribution in [-0.4, -0.2) is 16.5 Å². The van der Waals surface area contributed by atoms with Gasteiger partial charge in [-0.1, -0.05) is 20.8 Å². The lowest BCUT2D eigenvalue weighted by Crippen LogP contribution is -2.14. The second kappa shape index (κ2) is 8.01. The van der Waals surface area contributed by atoms with Gasteiger partial charge in [0.15, 0.2) is 0 Å². The largest absolute Gasteiger partial charge is 0.312 e. The molecule has 2 aromatic heterocycles. The van der Waals surface area contributed by atoms with Crippen LogP contribution in [0, 0.1) is 5.92 Å². The first kappa shape index (κ1) is 16.6. The minimum atomic E-state index is 0.614. The molecule has 5 heteroatoms. The van der Waals surface area contributed by atoms with Gasteiger partial charge in [-0.15, -0.1) is 11.3 Å². The Labute approximate surface area is 139 Å². The molecule has 0 aliphatic rings. The van der Waals surface area contributed by atoms with Crippen LogP contribution in [0.3, 0.4) is 0 Å². The molecule has 0 fully saturated rings. The number of nitrogens with one attached hydrogen (secondary N) is 1. The number of nitrogens with zero attached hydrogens (tertiary/aromatic N) is 2. The summed E-state index contributed by atoms with van der Waals surface area (Å²) in [6, 6.07) is 4.03. The molecule has 1 N–H and O–H groups in total. The van der Waals surface area contributed by atoms with E-state index in [1.54, 1.807) is 11.3 Å². The first-order valence-corrected chi connectivity index (χ1v) is 9.02. The third-order valence-electron chi connectivity index (χ3n) is 3.04. The molecule has 3 nitrogen and oxygen atoms in total. The average molecular weight is 368 g/mol. The van der Waals surface area contributed by atoms with Crippen LogP contribution in [0.15, 0.2) is 22.8 Å². The van der Waals surface area contributed by atoms with Crippen molar-refractivity contribution >= 4 is 27.3 Å². The van der Waals surface area contributed by atoms with Crippen LogP contribution in [-0.2, 0) is 13.0 Å². The summed E-state index contributed by atoms with van der Waals surface area (Å²) in [5.74, 6) is 0.614. The van der Waals surface area contributed by atoms with E-state index in [4.69, 9.17) is 4.98 Å². The van der Waals surface area contributed by atoms with Gasteiger partial charge in [-0.3, -0.25) is 4.98 Å². The highest BCUT2D eigenvalue weighted by Gasteiger charge is 2.14. The summed E-state index contributed by atoms with van der Waals surface area (Å²) in [7, 11) is 0. The molecule has 0 unspecified atom stereocenters. The molecule has 0 spiro atoms. The molecule has 0 amide bonds. The number of hydrogen-bond acceptors (Lipinski definition) is 4. The van der Waals surface area contributed by atoms with E-state index in [1.165, 1.54) is 10.6 Å². The zero-order valence-electron chi connectivity index (χ0n) is 12.8. The van der Waals surface area contributed by atoms with Crippen LogP contribution >= 0.6 is 27.3 Å². The average Bonchev–Trinajstić information content (AvgIpc) is 2.82. The minimum absolute atomic E-state index is 0.614. The third kappa shape index (κ3) is 4.87. The zero-order valence-corrected chi connectivity index (χ0v) is 15.2. The predicted octanol–water partition coefficient (Wildman–Crippen LogP) is 4.67. The van der Waals surface area contributed by atoms with Crippen LogP contribution in [0.1, 0.15) is 37.8 Å². The van der Waals surface area contributed by atoms with Crippen molar-refractivity contribution in [3.8, 4) is 10.7 Å². The lowest BCUT2D eigenvalue weighted by molar-refractivity contribution is 0.623. The Bertz CT molecular complexity index is 563. The summed E-state index contributed by atoms with van der Waals surface area (Å²) in [6.45, 7) is 8.61. The Hall–Kier alpha value is -0.780. The number of hydrogen-bond donors (Lipinski definition) is 1. The van der Waals surface area contributed by atoms with Gasteiger partial charge in [0.05, 0.1) is 11.4 Å². The fourth-order valence-corrected chi connectivity index (χ4v) is 3.33. The summed E-state index contributed by atoms with van der Waals surface area (Å²) in [4.78, 5) is 10.6. The van der Waals surface area contributed by atoms with Crippen LogP contribution in [0.5, 0.6) is 0 Å². The van der Waals surface area contributed by atoms with Gasteiger partial charge in [-0.05, 0) is 53.4 Å². The Morgan fingerprint density at radius 3 is 2.76 bits per heavy atom. The van der Waals surface area contributed by atoms with Gasteiger partial charge in [-0.25, -0.2) is 4.98 Å². The van der Waals surface area contributed by atoms with Gasteiger partial charge in [0.2, 0.25) is 0 Å². The van der Waals surface area contributed by atoms with E-state index in [1.807, 2.05) is 18.3 Å².